The van der Waals surface area contributed by atoms with Crippen molar-refractivity contribution in [1.82, 2.24) is 0 Å². The van der Waals surface area contributed by atoms with Gasteiger partial charge in [0.25, 0.3) is 0 Å². The molecule has 0 spiro atoms. The average molecular weight is 323 g/mol. The first-order chi connectivity index (χ1) is 10.2. The lowest BCUT2D eigenvalue weighted by molar-refractivity contribution is -0.106. The lowest BCUT2D eigenvalue weighted by Crippen LogP contribution is -2.49. The summed E-state index contributed by atoms with van der Waals surface area (Å²) in [5.41, 5.74) is 0.576. The molecule has 0 heterocycles. The van der Waals surface area contributed by atoms with Crippen LogP contribution in [0.2, 0.25) is 0 Å². The SMILES string of the molecule is C=C(OC1C(C(C)(C)C)CC(C)CC1C(C)(C)C)C(C)(C)CC. The topological polar surface area (TPSA) is 9.23 Å². The summed E-state index contributed by atoms with van der Waals surface area (Å²) in [6.07, 6.45) is 3.88. The van der Waals surface area contributed by atoms with Gasteiger partial charge in [-0.05, 0) is 36.0 Å². The standard InChI is InChI=1S/C22H42O/c1-12-22(10,11)16(3)23-19-17(20(4,5)6)13-15(2)14-18(19)21(7,8)9/h15,17-19H,3,12-14H2,1-2,4-11H3. The van der Waals surface area contributed by atoms with E-state index in [9.17, 15) is 0 Å². The molecule has 1 nitrogen and oxygen atoms in total. The van der Waals surface area contributed by atoms with Crippen molar-refractivity contribution in [2.24, 2.45) is 34.0 Å². The van der Waals surface area contributed by atoms with Gasteiger partial charge in [-0.1, -0.05) is 75.8 Å². The van der Waals surface area contributed by atoms with E-state index in [1.807, 2.05) is 0 Å². The van der Waals surface area contributed by atoms with E-state index in [1.54, 1.807) is 0 Å². The molecule has 0 radical (unpaired) electrons. The van der Waals surface area contributed by atoms with Gasteiger partial charge in [-0.3, -0.25) is 0 Å². The van der Waals surface area contributed by atoms with Gasteiger partial charge in [0.1, 0.15) is 6.10 Å². The Balaban J connectivity index is 3.17. The van der Waals surface area contributed by atoms with E-state index in [0.717, 1.165) is 18.1 Å². The molecule has 1 rings (SSSR count). The summed E-state index contributed by atoms with van der Waals surface area (Å²) in [5.74, 6) is 2.92. The van der Waals surface area contributed by atoms with Crippen LogP contribution >= 0.6 is 0 Å². The molecule has 23 heavy (non-hydrogen) atoms. The van der Waals surface area contributed by atoms with E-state index in [1.165, 1.54) is 12.8 Å². The van der Waals surface area contributed by atoms with Crippen molar-refractivity contribution in [2.75, 3.05) is 0 Å². The minimum absolute atomic E-state index is 0.0495. The van der Waals surface area contributed by atoms with Gasteiger partial charge in [0.15, 0.2) is 0 Å². The number of rotatable bonds is 4. The lowest BCUT2D eigenvalue weighted by atomic mass is 9.59. The third-order valence-electron chi connectivity index (χ3n) is 6.25. The number of allylic oxidation sites excluding steroid dienone is 1. The average Bonchev–Trinajstić information content (AvgIpc) is 2.37. The lowest BCUT2D eigenvalue weighted by Gasteiger charge is -2.51. The third kappa shape index (κ3) is 5.00. The zero-order chi connectivity index (χ0) is 18.2. The Morgan fingerprint density at radius 1 is 0.913 bits per heavy atom. The highest BCUT2D eigenvalue weighted by atomic mass is 16.5. The highest BCUT2D eigenvalue weighted by Gasteiger charge is 2.47. The second-order valence-electron chi connectivity index (χ2n) is 10.8. The van der Waals surface area contributed by atoms with E-state index in [2.05, 4.69) is 75.8 Å². The molecule has 1 fully saturated rings. The summed E-state index contributed by atoms with van der Waals surface area (Å²) >= 11 is 0. The van der Waals surface area contributed by atoms with Crippen LogP contribution in [0.1, 0.15) is 88.5 Å². The minimum atomic E-state index is 0.0495. The fourth-order valence-electron chi connectivity index (χ4n) is 3.89. The molecule has 2 unspecified atom stereocenters. The Hall–Kier alpha value is -0.460. The maximum Gasteiger partial charge on any atom is 0.105 e. The van der Waals surface area contributed by atoms with E-state index in [-0.39, 0.29) is 22.3 Å². The molecule has 0 aromatic carbocycles. The zero-order valence-electron chi connectivity index (χ0n) is 17.5. The van der Waals surface area contributed by atoms with Crippen LogP contribution in [0.4, 0.5) is 0 Å². The number of ether oxygens (including phenoxy) is 1. The van der Waals surface area contributed by atoms with Gasteiger partial charge in [0.05, 0.1) is 5.76 Å². The minimum Gasteiger partial charge on any atom is -0.494 e. The molecule has 1 aliphatic rings. The van der Waals surface area contributed by atoms with Gasteiger partial charge in [-0.15, -0.1) is 0 Å². The quantitative estimate of drug-likeness (QED) is 0.503. The van der Waals surface area contributed by atoms with Crippen LogP contribution in [-0.4, -0.2) is 6.10 Å². The predicted octanol–water partition coefficient (Wildman–Crippen LogP) is 7.08. The Morgan fingerprint density at radius 3 is 1.61 bits per heavy atom. The summed E-state index contributed by atoms with van der Waals surface area (Å²) in [6, 6.07) is 0. The van der Waals surface area contributed by atoms with E-state index in [0.29, 0.717) is 11.8 Å². The Bertz CT molecular complexity index is 381. The van der Waals surface area contributed by atoms with Gasteiger partial charge in [0, 0.05) is 17.3 Å². The molecule has 0 aromatic heterocycles. The maximum absolute atomic E-state index is 6.68. The van der Waals surface area contributed by atoms with Crippen LogP contribution in [0.15, 0.2) is 12.3 Å². The first-order valence-electron chi connectivity index (χ1n) is 9.56. The Labute approximate surface area is 146 Å². The van der Waals surface area contributed by atoms with Gasteiger partial charge < -0.3 is 4.74 Å². The largest absolute Gasteiger partial charge is 0.494 e. The van der Waals surface area contributed by atoms with E-state index < -0.39 is 0 Å². The van der Waals surface area contributed by atoms with Crippen molar-refractivity contribution in [3.05, 3.63) is 12.3 Å². The monoisotopic (exact) mass is 322 g/mol. The predicted molar refractivity (Wildman–Crippen MR) is 102 cm³/mol. The Kier molecular flexibility index (Phi) is 6.09. The van der Waals surface area contributed by atoms with Crippen molar-refractivity contribution in [1.29, 1.82) is 0 Å². The van der Waals surface area contributed by atoms with E-state index in [4.69, 9.17) is 4.74 Å². The smallest absolute Gasteiger partial charge is 0.105 e. The van der Waals surface area contributed by atoms with Gasteiger partial charge in [0.2, 0.25) is 0 Å². The fourth-order valence-corrected chi connectivity index (χ4v) is 3.89. The molecule has 1 heteroatoms. The summed E-state index contributed by atoms with van der Waals surface area (Å²) < 4.78 is 6.68. The molecule has 1 saturated carbocycles. The zero-order valence-corrected chi connectivity index (χ0v) is 17.5. The molecular weight excluding hydrogens is 280 g/mol. The Morgan fingerprint density at radius 2 is 1.30 bits per heavy atom. The van der Waals surface area contributed by atoms with Crippen LogP contribution in [0.3, 0.4) is 0 Å². The maximum atomic E-state index is 6.68. The van der Waals surface area contributed by atoms with Gasteiger partial charge in [-0.25, -0.2) is 0 Å². The van der Waals surface area contributed by atoms with Crippen LogP contribution in [0.25, 0.3) is 0 Å². The van der Waals surface area contributed by atoms with Crippen molar-refractivity contribution in [3.63, 3.8) is 0 Å². The molecule has 1 aliphatic carbocycles. The molecule has 0 amide bonds. The van der Waals surface area contributed by atoms with Gasteiger partial charge in [-0.2, -0.15) is 0 Å². The summed E-state index contributed by atoms with van der Waals surface area (Å²) in [4.78, 5) is 0. The van der Waals surface area contributed by atoms with Crippen LogP contribution < -0.4 is 0 Å². The number of hydrogen-bond acceptors (Lipinski definition) is 1. The molecular formula is C22H42O. The third-order valence-corrected chi connectivity index (χ3v) is 6.25. The molecule has 0 aromatic rings. The molecule has 0 aliphatic heterocycles. The fraction of sp³-hybridized carbons (Fsp3) is 0.909. The molecule has 0 N–H and O–H groups in total. The second kappa shape index (κ2) is 6.81. The van der Waals surface area contributed by atoms with E-state index >= 15 is 0 Å². The molecule has 2 atom stereocenters. The first-order valence-corrected chi connectivity index (χ1v) is 9.56. The van der Waals surface area contributed by atoms with Gasteiger partial charge >= 0.3 is 0 Å². The highest BCUT2D eigenvalue weighted by molar-refractivity contribution is 5.03. The van der Waals surface area contributed by atoms with Crippen molar-refractivity contribution in [3.8, 4) is 0 Å². The summed E-state index contributed by atoms with van der Waals surface area (Å²) in [7, 11) is 0. The second-order valence-corrected chi connectivity index (χ2v) is 10.8. The molecule has 0 bridgehead atoms. The molecule has 0 saturated heterocycles. The van der Waals surface area contributed by atoms with Crippen molar-refractivity contribution in [2.45, 2.75) is 94.6 Å². The van der Waals surface area contributed by atoms with Crippen LogP contribution in [0.5, 0.6) is 0 Å². The van der Waals surface area contributed by atoms with Crippen molar-refractivity contribution >= 4 is 0 Å². The highest BCUT2D eigenvalue weighted by Crippen LogP contribution is 2.51. The first kappa shape index (κ1) is 20.6. The van der Waals surface area contributed by atoms with Crippen molar-refractivity contribution < 1.29 is 4.74 Å². The van der Waals surface area contributed by atoms with Crippen LogP contribution in [-0.2, 0) is 4.74 Å². The normalized spacial score (nSPS) is 30.2. The van der Waals surface area contributed by atoms with Crippen LogP contribution in [0, 0.1) is 34.0 Å². The summed E-state index contributed by atoms with van der Waals surface area (Å²) in [6.45, 7) is 27.7. The number of hydrogen-bond donors (Lipinski definition) is 0. The summed E-state index contributed by atoms with van der Waals surface area (Å²) in [5, 5.41) is 0. The molecule has 136 valence electrons.